The van der Waals surface area contributed by atoms with Crippen LogP contribution in [0.5, 0.6) is 5.75 Å². The van der Waals surface area contributed by atoms with Crippen LogP contribution in [0, 0.1) is 5.41 Å². The molecule has 0 unspecified atom stereocenters. The van der Waals surface area contributed by atoms with Crippen molar-refractivity contribution in [2.45, 2.75) is 57.2 Å². The Balaban J connectivity index is 1.28. The molecule has 3 aromatic rings. The minimum absolute atomic E-state index is 0.318. The van der Waals surface area contributed by atoms with E-state index in [-0.39, 0.29) is 0 Å². The molecule has 7 nitrogen and oxygen atoms in total. The fraction of sp³-hybridized carbons (Fsp3) is 0.423. The van der Waals surface area contributed by atoms with E-state index in [9.17, 15) is 0 Å². The number of pyridine rings is 1. The molecule has 184 valence electrons. The topological polar surface area (TPSA) is 93.1 Å². The first-order chi connectivity index (χ1) is 16.9. The number of ether oxygens (including phenoxy) is 1. The Morgan fingerprint density at radius 3 is 2.46 bits per heavy atom. The van der Waals surface area contributed by atoms with Crippen LogP contribution in [0.3, 0.4) is 0 Å². The third-order valence-electron chi connectivity index (χ3n) is 7.26. The Morgan fingerprint density at radius 2 is 1.80 bits per heavy atom. The van der Waals surface area contributed by atoms with E-state index in [2.05, 4.69) is 15.0 Å². The molecule has 9 heteroatoms. The predicted octanol–water partition coefficient (Wildman–Crippen LogP) is 5.91. The number of nitrogens with zero attached hydrogens (tertiary/aromatic N) is 4. The van der Waals surface area contributed by atoms with Gasteiger partial charge in [0.1, 0.15) is 11.9 Å². The third-order valence-corrected chi connectivity index (χ3v) is 7.86. The van der Waals surface area contributed by atoms with Gasteiger partial charge in [-0.3, -0.25) is 15.1 Å². The molecule has 0 amide bonds. The highest BCUT2D eigenvalue weighted by Crippen LogP contribution is 2.34. The van der Waals surface area contributed by atoms with E-state index in [4.69, 9.17) is 39.1 Å². The molecular formula is C26H30Cl2N6O. The number of piperidine rings is 1. The van der Waals surface area contributed by atoms with Gasteiger partial charge < -0.3 is 15.4 Å². The summed E-state index contributed by atoms with van der Waals surface area (Å²) < 4.78 is 8.13. The summed E-state index contributed by atoms with van der Waals surface area (Å²) in [5.74, 6) is 0.575. The summed E-state index contributed by atoms with van der Waals surface area (Å²) in [6, 6.07) is 6.48. The van der Waals surface area contributed by atoms with Crippen molar-refractivity contribution >= 4 is 34.6 Å². The highest BCUT2D eigenvalue weighted by Gasteiger charge is 2.29. The van der Waals surface area contributed by atoms with E-state index in [1.807, 2.05) is 17.8 Å². The van der Waals surface area contributed by atoms with Crippen molar-refractivity contribution in [3.05, 3.63) is 69.7 Å². The fourth-order valence-corrected chi connectivity index (χ4v) is 5.66. The second-order valence-corrected chi connectivity index (χ2v) is 10.3. The van der Waals surface area contributed by atoms with E-state index in [0.29, 0.717) is 44.4 Å². The quantitative estimate of drug-likeness (QED) is 0.303. The standard InChI is InChI=1S/C26H30Cl2N6O/c1-16(25-22(27)13-31-14-23(25)28)35-20-5-6-24(29)21(11-20)26(30)17-12-32-34(15-17)19-7-9-33(10-8-19)18-3-2-4-18/h5-6,11-16,18-19,30H,2-4,7-10,29H2,1H3/t16-/m1/s1. The van der Waals surface area contributed by atoms with Gasteiger partial charge in [0.2, 0.25) is 0 Å². The number of hydrogen-bond donors (Lipinski definition) is 2. The summed E-state index contributed by atoms with van der Waals surface area (Å²) in [5.41, 5.74) is 9.08. The summed E-state index contributed by atoms with van der Waals surface area (Å²) in [4.78, 5) is 6.63. The maximum absolute atomic E-state index is 8.82. The maximum Gasteiger partial charge on any atom is 0.124 e. The summed E-state index contributed by atoms with van der Waals surface area (Å²) >= 11 is 12.6. The van der Waals surface area contributed by atoms with Crippen LogP contribution in [0.4, 0.5) is 5.69 Å². The first-order valence-corrected chi connectivity index (χ1v) is 12.9. The van der Waals surface area contributed by atoms with Gasteiger partial charge in [0.25, 0.3) is 0 Å². The lowest BCUT2D eigenvalue weighted by molar-refractivity contribution is 0.0842. The largest absolute Gasteiger partial charge is 0.486 e. The number of anilines is 1. The molecule has 1 aliphatic heterocycles. The maximum atomic E-state index is 8.82. The number of likely N-dealkylation sites (tertiary alicyclic amines) is 1. The van der Waals surface area contributed by atoms with Crippen molar-refractivity contribution in [1.29, 1.82) is 5.41 Å². The van der Waals surface area contributed by atoms with Crippen molar-refractivity contribution in [3.63, 3.8) is 0 Å². The molecule has 3 N–H and O–H groups in total. The van der Waals surface area contributed by atoms with Crippen LogP contribution in [-0.2, 0) is 0 Å². The SMILES string of the molecule is C[C@@H](Oc1ccc(N)c(C(=N)c2cnn(C3CCN(C4CCC4)CC3)c2)c1)c1c(Cl)cncc1Cl. The van der Waals surface area contributed by atoms with Crippen LogP contribution >= 0.6 is 23.2 Å². The minimum Gasteiger partial charge on any atom is -0.486 e. The predicted molar refractivity (Wildman–Crippen MR) is 140 cm³/mol. The van der Waals surface area contributed by atoms with E-state index >= 15 is 0 Å². The van der Waals surface area contributed by atoms with Crippen molar-refractivity contribution in [3.8, 4) is 5.75 Å². The first-order valence-electron chi connectivity index (χ1n) is 12.1. The highest BCUT2D eigenvalue weighted by atomic mass is 35.5. The molecule has 2 fully saturated rings. The van der Waals surface area contributed by atoms with Crippen molar-refractivity contribution in [2.24, 2.45) is 0 Å². The molecule has 3 heterocycles. The van der Waals surface area contributed by atoms with Crippen molar-refractivity contribution in [1.82, 2.24) is 19.7 Å². The number of aromatic nitrogens is 3. The molecular weight excluding hydrogens is 483 g/mol. The Labute approximate surface area is 215 Å². The minimum atomic E-state index is -0.405. The zero-order valence-corrected chi connectivity index (χ0v) is 21.3. The fourth-order valence-electron chi connectivity index (χ4n) is 4.99. The van der Waals surface area contributed by atoms with Crippen LogP contribution in [-0.4, -0.2) is 44.5 Å². The number of benzene rings is 1. The molecule has 1 aromatic carbocycles. The molecule has 1 aliphatic carbocycles. The molecule has 5 rings (SSSR count). The van der Waals surface area contributed by atoms with Crippen molar-refractivity contribution in [2.75, 3.05) is 18.8 Å². The zero-order valence-electron chi connectivity index (χ0n) is 19.8. The molecule has 35 heavy (non-hydrogen) atoms. The summed E-state index contributed by atoms with van der Waals surface area (Å²) in [5, 5.41) is 14.3. The summed E-state index contributed by atoms with van der Waals surface area (Å²) in [7, 11) is 0. The number of nitrogens with one attached hydrogen (secondary N) is 1. The Morgan fingerprint density at radius 1 is 1.09 bits per heavy atom. The highest BCUT2D eigenvalue weighted by molar-refractivity contribution is 6.35. The number of hydrogen-bond acceptors (Lipinski definition) is 6. The van der Waals surface area contributed by atoms with Crippen molar-refractivity contribution < 1.29 is 4.74 Å². The molecule has 0 spiro atoms. The lowest BCUT2D eigenvalue weighted by Gasteiger charge is -2.41. The normalized spacial score (nSPS) is 18.3. The lowest BCUT2D eigenvalue weighted by Crippen LogP contribution is -2.45. The van der Waals surface area contributed by atoms with E-state index in [1.165, 1.54) is 19.3 Å². The van der Waals surface area contributed by atoms with E-state index < -0.39 is 6.10 Å². The second-order valence-electron chi connectivity index (χ2n) is 9.46. The van der Waals surface area contributed by atoms with Crippen LogP contribution in [0.15, 0.2) is 43.0 Å². The molecule has 1 saturated carbocycles. The van der Waals surface area contributed by atoms with Gasteiger partial charge in [0.05, 0.1) is 28.0 Å². The van der Waals surface area contributed by atoms with Gasteiger partial charge in [-0.25, -0.2) is 0 Å². The van der Waals surface area contributed by atoms with Crippen LogP contribution < -0.4 is 10.5 Å². The Kier molecular flexibility index (Phi) is 7.00. The van der Waals surface area contributed by atoms with Gasteiger partial charge >= 0.3 is 0 Å². The molecule has 2 aromatic heterocycles. The molecule has 0 bridgehead atoms. The van der Waals surface area contributed by atoms with Gasteiger partial charge in [-0.2, -0.15) is 5.10 Å². The van der Waals surface area contributed by atoms with Crippen LogP contribution in [0.25, 0.3) is 0 Å². The van der Waals surface area contributed by atoms with Crippen LogP contribution in [0.1, 0.15) is 67.9 Å². The molecule has 1 saturated heterocycles. The number of rotatable bonds is 7. The Hall–Kier alpha value is -2.61. The average molecular weight is 513 g/mol. The number of nitrogen functional groups attached to an aromatic ring is 1. The number of nitrogens with two attached hydrogens (primary N) is 1. The summed E-state index contributed by atoms with van der Waals surface area (Å²) in [6.07, 6.45) is 12.7. The van der Waals surface area contributed by atoms with E-state index in [1.54, 1.807) is 36.8 Å². The van der Waals surface area contributed by atoms with Gasteiger partial charge in [0.15, 0.2) is 0 Å². The second kappa shape index (κ2) is 10.2. The van der Waals surface area contributed by atoms with Gasteiger partial charge in [-0.05, 0) is 50.8 Å². The molecule has 0 radical (unpaired) electrons. The van der Waals surface area contributed by atoms with E-state index in [0.717, 1.165) is 37.5 Å². The Bertz CT molecular complexity index is 1200. The first kappa shape index (κ1) is 24.1. The summed E-state index contributed by atoms with van der Waals surface area (Å²) in [6.45, 7) is 4.12. The third kappa shape index (κ3) is 5.03. The monoisotopic (exact) mass is 512 g/mol. The smallest absolute Gasteiger partial charge is 0.124 e. The van der Waals surface area contributed by atoms with Gasteiger partial charge in [-0.1, -0.05) is 29.6 Å². The average Bonchev–Trinajstić information content (AvgIpc) is 3.29. The zero-order chi connectivity index (χ0) is 24.5. The number of halogens is 2. The van der Waals surface area contributed by atoms with Gasteiger partial charge in [-0.15, -0.1) is 0 Å². The lowest BCUT2D eigenvalue weighted by atomic mass is 9.89. The van der Waals surface area contributed by atoms with Crippen LogP contribution in [0.2, 0.25) is 10.0 Å². The molecule has 2 aliphatic rings. The molecule has 1 atom stereocenters. The van der Waals surface area contributed by atoms with Gasteiger partial charge in [0, 0.05) is 60.1 Å².